The molecule has 1 atom stereocenters. The molecule has 152 valence electrons. The summed E-state index contributed by atoms with van der Waals surface area (Å²) in [6.45, 7) is -0.488. The average Bonchev–Trinajstić information content (AvgIpc) is 2.71. The Morgan fingerprint density at radius 2 is 1.72 bits per heavy atom. The van der Waals surface area contributed by atoms with Crippen molar-refractivity contribution in [2.45, 2.75) is 19.1 Å². The second-order valence-corrected chi connectivity index (χ2v) is 5.96. The number of hydrogen-bond donors (Lipinski definition) is 3. The Hall–Kier alpha value is -3.95. The summed E-state index contributed by atoms with van der Waals surface area (Å²) in [4.78, 5) is 45.5. The van der Waals surface area contributed by atoms with Gasteiger partial charge in [-0.1, -0.05) is 48.5 Å². The van der Waals surface area contributed by atoms with Gasteiger partial charge in [-0.05, 0) is 5.56 Å². The Morgan fingerprint density at radius 3 is 2.38 bits per heavy atom. The Balaban J connectivity index is 1.85. The van der Waals surface area contributed by atoms with E-state index in [4.69, 9.17) is 4.74 Å². The molecular weight excluding hydrogens is 382 g/mol. The van der Waals surface area contributed by atoms with Crippen LogP contribution in [0.3, 0.4) is 0 Å². The quantitative estimate of drug-likeness (QED) is 0.427. The van der Waals surface area contributed by atoms with Gasteiger partial charge in [0.2, 0.25) is 5.91 Å². The maximum atomic E-state index is 12.0. The average molecular weight is 401 g/mol. The van der Waals surface area contributed by atoms with E-state index in [0.29, 0.717) is 0 Å². The molecule has 0 aromatic heterocycles. The highest BCUT2D eigenvalue weighted by Crippen LogP contribution is 2.19. The van der Waals surface area contributed by atoms with Crippen molar-refractivity contribution in [3.63, 3.8) is 0 Å². The number of aliphatic carboxylic acids is 1. The van der Waals surface area contributed by atoms with Crippen LogP contribution < -0.4 is 10.6 Å². The first-order valence-electron chi connectivity index (χ1n) is 8.56. The van der Waals surface area contributed by atoms with Crippen LogP contribution in [0.5, 0.6) is 0 Å². The molecule has 10 heteroatoms. The number of nitrogens with zero attached hydrogens (tertiary/aromatic N) is 1. The van der Waals surface area contributed by atoms with Gasteiger partial charge in [-0.2, -0.15) is 0 Å². The lowest BCUT2D eigenvalue weighted by atomic mass is 10.0. The van der Waals surface area contributed by atoms with Gasteiger partial charge in [0, 0.05) is 18.1 Å². The van der Waals surface area contributed by atoms with Gasteiger partial charge in [-0.3, -0.25) is 14.9 Å². The minimum Gasteiger partial charge on any atom is -0.480 e. The third-order valence-corrected chi connectivity index (χ3v) is 3.85. The van der Waals surface area contributed by atoms with Gasteiger partial charge in [-0.25, -0.2) is 9.59 Å². The highest BCUT2D eigenvalue weighted by molar-refractivity contribution is 5.86. The van der Waals surface area contributed by atoms with Crippen LogP contribution in [-0.2, 0) is 27.4 Å². The third kappa shape index (κ3) is 6.94. The molecule has 29 heavy (non-hydrogen) atoms. The van der Waals surface area contributed by atoms with Crippen LogP contribution in [0.2, 0.25) is 0 Å². The van der Waals surface area contributed by atoms with Crippen LogP contribution in [0.1, 0.15) is 11.1 Å². The van der Waals surface area contributed by atoms with Crippen LogP contribution >= 0.6 is 0 Å². The number of alkyl carbamates (subject to hydrolysis) is 1. The SMILES string of the molecule is O=C(CNC(=O)OCc1ccccc1)N[C@@H](Cc1ccccc1[N+](=O)[O-])C(=O)O. The molecule has 0 unspecified atom stereocenters. The number of carbonyl (C=O) groups excluding carboxylic acids is 2. The predicted molar refractivity (Wildman–Crippen MR) is 101 cm³/mol. The first-order valence-corrected chi connectivity index (χ1v) is 8.56. The summed E-state index contributed by atoms with van der Waals surface area (Å²) < 4.78 is 4.95. The summed E-state index contributed by atoms with van der Waals surface area (Å²) in [5.41, 5.74) is 0.693. The molecule has 0 bridgehead atoms. The molecule has 10 nitrogen and oxygen atoms in total. The number of carboxylic acids is 1. The standard InChI is InChI=1S/C19H19N3O7/c23-17(11-20-19(26)29-12-13-6-2-1-3-7-13)21-15(18(24)25)10-14-8-4-5-9-16(14)22(27)28/h1-9,15H,10-12H2,(H,20,26)(H,21,23)(H,24,25)/t15-/m0/s1. The summed E-state index contributed by atoms with van der Waals surface area (Å²) in [7, 11) is 0. The number of para-hydroxylation sites is 1. The topological polar surface area (TPSA) is 148 Å². The number of carboxylic acid groups (broad SMARTS) is 1. The lowest BCUT2D eigenvalue weighted by Crippen LogP contribution is -2.46. The molecule has 0 radical (unpaired) electrons. The van der Waals surface area contributed by atoms with Crippen LogP contribution in [0.15, 0.2) is 54.6 Å². The van der Waals surface area contributed by atoms with E-state index in [-0.39, 0.29) is 24.3 Å². The second-order valence-electron chi connectivity index (χ2n) is 5.96. The maximum Gasteiger partial charge on any atom is 0.407 e. The third-order valence-electron chi connectivity index (χ3n) is 3.85. The van der Waals surface area contributed by atoms with E-state index in [1.807, 2.05) is 6.07 Å². The van der Waals surface area contributed by atoms with Gasteiger partial charge in [0.25, 0.3) is 5.69 Å². The number of ether oxygens (including phenoxy) is 1. The number of nitro benzene ring substituents is 1. The molecule has 0 aliphatic carbocycles. The van der Waals surface area contributed by atoms with Gasteiger partial charge >= 0.3 is 12.1 Å². The molecule has 2 amide bonds. The van der Waals surface area contributed by atoms with Crippen molar-refractivity contribution in [1.82, 2.24) is 10.6 Å². The largest absolute Gasteiger partial charge is 0.480 e. The molecule has 0 heterocycles. The first kappa shape index (κ1) is 21.4. The lowest BCUT2D eigenvalue weighted by molar-refractivity contribution is -0.385. The fraction of sp³-hybridized carbons (Fsp3) is 0.211. The zero-order chi connectivity index (χ0) is 21.2. The molecule has 3 N–H and O–H groups in total. The Morgan fingerprint density at radius 1 is 1.07 bits per heavy atom. The molecule has 0 saturated heterocycles. The molecule has 0 spiro atoms. The normalized spacial score (nSPS) is 11.2. The van der Waals surface area contributed by atoms with E-state index >= 15 is 0 Å². The highest BCUT2D eigenvalue weighted by atomic mass is 16.6. The van der Waals surface area contributed by atoms with E-state index in [1.165, 1.54) is 24.3 Å². The summed E-state index contributed by atoms with van der Waals surface area (Å²) in [6.07, 6.45) is -1.12. The summed E-state index contributed by atoms with van der Waals surface area (Å²) in [6, 6.07) is 13.2. The minimum atomic E-state index is -1.40. The molecule has 0 aliphatic heterocycles. The van der Waals surface area contributed by atoms with E-state index in [1.54, 1.807) is 24.3 Å². The summed E-state index contributed by atoms with van der Waals surface area (Å²) in [5.74, 6) is -2.13. The Bertz CT molecular complexity index is 886. The number of amides is 2. The molecule has 2 aromatic rings. The molecular formula is C19H19N3O7. The van der Waals surface area contributed by atoms with Crippen molar-refractivity contribution in [3.05, 3.63) is 75.8 Å². The molecule has 2 aromatic carbocycles. The zero-order valence-corrected chi connectivity index (χ0v) is 15.2. The number of nitro groups is 1. The first-order chi connectivity index (χ1) is 13.9. The fourth-order valence-electron chi connectivity index (χ4n) is 2.45. The van der Waals surface area contributed by atoms with Crippen LogP contribution in [0.4, 0.5) is 10.5 Å². The molecule has 0 saturated carbocycles. The van der Waals surface area contributed by atoms with Crippen LogP contribution in [0, 0.1) is 10.1 Å². The highest BCUT2D eigenvalue weighted by Gasteiger charge is 2.24. The Kier molecular flexibility index (Phi) is 7.66. The smallest absolute Gasteiger partial charge is 0.407 e. The van der Waals surface area contributed by atoms with Crippen molar-refractivity contribution in [3.8, 4) is 0 Å². The van der Waals surface area contributed by atoms with Crippen LogP contribution in [0.25, 0.3) is 0 Å². The minimum absolute atomic E-state index is 0.0176. The van der Waals surface area contributed by atoms with E-state index in [9.17, 15) is 29.6 Å². The van der Waals surface area contributed by atoms with Crippen molar-refractivity contribution in [1.29, 1.82) is 0 Å². The van der Waals surface area contributed by atoms with Gasteiger partial charge in [0.1, 0.15) is 19.2 Å². The van der Waals surface area contributed by atoms with Crippen molar-refractivity contribution >= 4 is 23.7 Å². The fourth-order valence-corrected chi connectivity index (χ4v) is 2.45. The zero-order valence-electron chi connectivity index (χ0n) is 15.2. The lowest BCUT2D eigenvalue weighted by Gasteiger charge is -2.15. The summed E-state index contributed by atoms with van der Waals surface area (Å²) in [5, 5.41) is 24.8. The van der Waals surface area contributed by atoms with Gasteiger partial charge in [-0.15, -0.1) is 0 Å². The van der Waals surface area contributed by atoms with Gasteiger partial charge < -0.3 is 20.5 Å². The molecule has 2 rings (SSSR count). The van der Waals surface area contributed by atoms with E-state index < -0.39 is 35.5 Å². The summed E-state index contributed by atoms with van der Waals surface area (Å²) >= 11 is 0. The molecule has 0 aliphatic rings. The second kappa shape index (κ2) is 10.4. The molecule has 0 fully saturated rings. The Labute approximate surface area is 165 Å². The van der Waals surface area contributed by atoms with Crippen molar-refractivity contribution in [2.24, 2.45) is 0 Å². The number of carbonyl (C=O) groups is 3. The number of hydrogen-bond acceptors (Lipinski definition) is 6. The number of rotatable bonds is 9. The maximum absolute atomic E-state index is 12.0. The van der Waals surface area contributed by atoms with E-state index in [0.717, 1.165) is 5.56 Å². The monoisotopic (exact) mass is 401 g/mol. The predicted octanol–water partition coefficient (Wildman–Crippen LogP) is 1.63. The van der Waals surface area contributed by atoms with Crippen LogP contribution in [-0.4, -0.2) is 40.6 Å². The number of benzene rings is 2. The van der Waals surface area contributed by atoms with Crippen molar-refractivity contribution in [2.75, 3.05) is 6.54 Å². The van der Waals surface area contributed by atoms with Gasteiger partial charge in [0.15, 0.2) is 0 Å². The van der Waals surface area contributed by atoms with Crippen molar-refractivity contribution < 1.29 is 29.2 Å². The number of nitrogens with one attached hydrogen (secondary N) is 2. The van der Waals surface area contributed by atoms with E-state index in [2.05, 4.69) is 10.6 Å². The van der Waals surface area contributed by atoms with Gasteiger partial charge in [0.05, 0.1) is 4.92 Å².